The van der Waals surface area contributed by atoms with Gasteiger partial charge < -0.3 is 15.5 Å². The monoisotopic (exact) mass is 336 g/mol. The van der Waals surface area contributed by atoms with Crippen LogP contribution in [0.15, 0.2) is 24.4 Å². The van der Waals surface area contributed by atoms with E-state index in [0.717, 1.165) is 23.7 Å². The number of pyridine rings is 1. The molecule has 1 aromatic rings. The van der Waals surface area contributed by atoms with E-state index >= 15 is 0 Å². The predicted octanol–water partition coefficient (Wildman–Crippen LogP) is 0.294. The van der Waals surface area contributed by atoms with Crippen LogP contribution in [0.3, 0.4) is 0 Å². The minimum Gasteiger partial charge on any atom is -0.347 e. The molecule has 0 aromatic carbocycles. The molecule has 0 saturated carbocycles. The molecule has 6 nitrogen and oxygen atoms in total. The second kappa shape index (κ2) is 9.52. The molecule has 1 saturated heterocycles. The fourth-order valence-electron chi connectivity index (χ4n) is 2.31. The van der Waals surface area contributed by atoms with Crippen LogP contribution in [0.4, 0.5) is 0 Å². The van der Waals surface area contributed by atoms with Crippen molar-refractivity contribution >= 4 is 23.6 Å². The maximum absolute atomic E-state index is 12.0. The minimum atomic E-state index is -0.0831. The fraction of sp³-hybridized carbons (Fsp3) is 0.562. The number of nitrogens with zero attached hydrogens (tertiary/aromatic N) is 2. The standard InChI is InChI=1S/C16H24N4O2S/c1-20(8-5-13-4-2-3-6-17-13)16(22)11-19-15(21)10-14-12-23-9-7-18-14/h2-4,6,14,18H,5,7-12H2,1H3,(H,19,21). The number of carbonyl (C=O) groups is 2. The Morgan fingerprint density at radius 3 is 3.04 bits per heavy atom. The topological polar surface area (TPSA) is 74.3 Å². The third-order valence-corrected chi connectivity index (χ3v) is 4.85. The zero-order chi connectivity index (χ0) is 16.5. The molecule has 7 heteroatoms. The Bertz CT molecular complexity index is 506. The van der Waals surface area contributed by atoms with Crippen molar-refractivity contribution in [2.45, 2.75) is 18.9 Å². The van der Waals surface area contributed by atoms with Crippen molar-refractivity contribution in [2.75, 3.05) is 38.2 Å². The highest BCUT2D eigenvalue weighted by Crippen LogP contribution is 2.09. The number of hydrogen-bond acceptors (Lipinski definition) is 5. The number of hydrogen-bond donors (Lipinski definition) is 2. The summed E-state index contributed by atoms with van der Waals surface area (Å²) in [4.78, 5) is 29.8. The van der Waals surface area contributed by atoms with Gasteiger partial charge in [-0.05, 0) is 12.1 Å². The Balaban J connectivity index is 1.64. The molecule has 1 unspecified atom stereocenters. The molecule has 1 aliphatic heterocycles. The third-order valence-electron chi connectivity index (χ3n) is 3.72. The number of likely N-dealkylation sites (N-methyl/N-ethyl adjacent to an activating group) is 1. The Kier molecular flexibility index (Phi) is 7.35. The molecular weight excluding hydrogens is 312 g/mol. The number of amides is 2. The van der Waals surface area contributed by atoms with Crippen molar-refractivity contribution < 1.29 is 9.59 Å². The number of nitrogens with one attached hydrogen (secondary N) is 2. The van der Waals surface area contributed by atoms with Gasteiger partial charge in [-0.2, -0.15) is 11.8 Å². The summed E-state index contributed by atoms with van der Waals surface area (Å²) in [5.74, 6) is 1.89. The van der Waals surface area contributed by atoms with Crippen LogP contribution in [-0.2, 0) is 16.0 Å². The average molecular weight is 336 g/mol. The van der Waals surface area contributed by atoms with E-state index in [2.05, 4.69) is 15.6 Å². The lowest BCUT2D eigenvalue weighted by atomic mass is 10.2. The van der Waals surface area contributed by atoms with Crippen molar-refractivity contribution in [2.24, 2.45) is 0 Å². The maximum atomic E-state index is 12.0. The molecule has 1 aromatic heterocycles. The first-order valence-corrected chi connectivity index (χ1v) is 9.02. The zero-order valence-corrected chi connectivity index (χ0v) is 14.3. The van der Waals surface area contributed by atoms with Gasteiger partial charge in [0.15, 0.2) is 0 Å². The quantitative estimate of drug-likeness (QED) is 0.749. The van der Waals surface area contributed by atoms with E-state index in [1.165, 1.54) is 0 Å². The third kappa shape index (κ3) is 6.58. The maximum Gasteiger partial charge on any atom is 0.241 e. The van der Waals surface area contributed by atoms with E-state index in [0.29, 0.717) is 19.4 Å². The summed E-state index contributed by atoms with van der Waals surface area (Å²) in [5, 5.41) is 6.03. The Morgan fingerprint density at radius 2 is 2.35 bits per heavy atom. The van der Waals surface area contributed by atoms with Crippen LogP contribution in [0.25, 0.3) is 0 Å². The Hall–Kier alpha value is -1.60. The zero-order valence-electron chi connectivity index (χ0n) is 13.5. The molecule has 126 valence electrons. The molecule has 1 aliphatic rings. The highest BCUT2D eigenvalue weighted by atomic mass is 32.2. The van der Waals surface area contributed by atoms with Crippen LogP contribution in [0, 0.1) is 0 Å². The summed E-state index contributed by atoms with van der Waals surface area (Å²) in [7, 11) is 1.75. The van der Waals surface area contributed by atoms with E-state index in [1.807, 2.05) is 30.0 Å². The van der Waals surface area contributed by atoms with E-state index in [9.17, 15) is 9.59 Å². The van der Waals surface area contributed by atoms with Gasteiger partial charge in [0.1, 0.15) is 0 Å². The molecule has 0 bridgehead atoms. The predicted molar refractivity (Wildman–Crippen MR) is 92.3 cm³/mol. The Morgan fingerprint density at radius 1 is 1.48 bits per heavy atom. The van der Waals surface area contributed by atoms with Gasteiger partial charge in [-0.15, -0.1) is 0 Å². The number of thioether (sulfide) groups is 1. The summed E-state index contributed by atoms with van der Waals surface area (Å²) < 4.78 is 0. The van der Waals surface area contributed by atoms with E-state index < -0.39 is 0 Å². The summed E-state index contributed by atoms with van der Waals surface area (Å²) in [6.07, 6.45) is 2.88. The van der Waals surface area contributed by atoms with Crippen LogP contribution >= 0.6 is 11.8 Å². The largest absolute Gasteiger partial charge is 0.347 e. The number of aromatic nitrogens is 1. The molecule has 2 amide bonds. The van der Waals surface area contributed by atoms with Gasteiger partial charge >= 0.3 is 0 Å². The van der Waals surface area contributed by atoms with Crippen molar-refractivity contribution in [1.29, 1.82) is 0 Å². The van der Waals surface area contributed by atoms with Crippen LogP contribution in [0.5, 0.6) is 0 Å². The molecular formula is C16H24N4O2S. The number of rotatable bonds is 7. The molecule has 0 spiro atoms. The smallest absolute Gasteiger partial charge is 0.241 e. The summed E-state index contributed by atoms with van der Waals surface area (Å²) in [6, 6.07) is 5.95. The van der Waals surface area contributed by atoms with E-state index in [4.69, 9.17) is 0 Å². The van der Waals surface area contributed by atoms with Crippen LogP contribution in [0.1, 0.15) is 12.1 Å². The fourth-order valence-corrected chi connectivity index (χ4v) is 3.26. The van der Waals surface area contributed by atoms with Crippen LogP contribution < -0.4 is 10.6 Å². The SMILES string of the molecule is CN(CCc1ccccn1)C(=O)CNC(=O)CC1CSCCN1. The van der Waals surface area contributed by atoms with Crippen LogP contribution in [-0.4, -0.2) is 65.9 Å². The number of carbonyl (C=O) groups excluding carboxylic acids is 2. The Labute approximate surface area is 141 Å². The minimum absolute atomic E-state index is 0.0530. The van der Waals surface area contributed by atoms with Gasteiger partial charge in [0.25, 0.3) is 0 Å². The van der Waals surface area contributed by atoms with Gasteiger partial charge in [0, 0.05) is 62.4 Å². The van der Waals surface area contributed by atoms with E-state index in [-0.39, 0.29) is 24.4 Å². The van der Waals surface area contributed by atoms with E-state index in [1.54, 1.807) is 18.1 Å². The van der Waals surface area contributed by atoms with Crippen LogP contribution in [0.2, 0.25) is 0 Å². The van der Waals surface area contributed by atoms with Crippen molar-refractivity contribution in [3.8, 4) is 0 Å². The summed E-state index contributed by atoms with van der Waals surface area (Å²) in [5.41, 5.74) is 0.956. The van der Waals surface area contributed by atoms with Crippen molar-refractivity contribution in [3.63, 3.8) is 0 Å². The normalized spacial score (nSPS) is 17.5. The molecule has 2 N–H and O–H groups in total. The van der Waals surface area contributed by atoms with Gasteiger partial charge in [0.05, 0.1) is 6.54 Å². The second-order valence-electron chi connectivity index (χ2n) is 5.59. The summed E-state index contributed by atoms with van der Waals surface area (Å²) in [6.45, 7) is 1.59. The molecule has 23 heavy (non-hydrogen) atoms. The van der Waals surface area contributed by atoms with Crippen molar-refractivity contribution in [1.82, 2.24) is 20.5 Å². The van der Waals surface area contributed by atoms with Gasteiger partial charge in [-0.25, -0.2) is 0 Å². The molecule has 2 heterocycles. The molecule has 2 rings (SSSR count). The van der Waals surface area contributed by atoms with Gasteiger partial charge in [-0.1, -0.05) is 6.07 Å². The average Bonchev–Trinajstić information content (AvgIpc) is 2.59. The lowest BCUT2D eigenvalue weighted by molar-refractivity contribution is -0.131. The highest BCUT2D eigenvalue weighted by molar-refractivity contribution is 7.99. The molecule has 1 fully saturated rings. The molecule has 1 atom stereocenters. The van der Waals surface area contributed by atoms with Crippen molar-refractivity contribution in [3.05, 3.63) is 30.1 Å². The molecule has 0 radical (unpaired) electrons. The van der Waals surface area contributed by atoms with Gasteiger partial charge in [-0.3, -0.25) is 14.6 Å². The molecule has 0 aliphatic carbocycles. The van der Waals surface area contributed by atoms with Gasteiger partial charge in [0.2, 0.25) is 11.8 Å². The second-order valence-corrected chi connectivity index (χ2v) is 6.74. The first kappa shape index (κ1) is 17.7. The summed E-state index contributed by atoms with van der Waals surface area (Å²) >= 11 is 1.86. The highest BCUT2D eigenvalue weighted by Gasteiger charge is 2.17. The first-order chi connectivity index (χ1) is 11.1. The lowest BCUT2D eigenvalue weighted by Gasteiger charge is -2.22. The lowest BCUT2D eigenvalue weighted by Crippen LogP contribution is -2.43. The first-order valence-electron chi connectivity index (χ1n) is 7.87.